The standard InChI is InChI=1S/C10H11NO2/c1-11-5-6-13-10-7-8(12-2)3-4-9(10)11/h3-7H,1-2H3. The van der Waals surface area contributed by atoms with Crippen molar-refractivity contribution in [2.75, 3.05) is 19.1 Å². The predicted octanol–water partition coefficient (Wildman–Crippen LogP) is 1.99. The lowest BCUT2D eigenvalue weighted by Crippen LogP contribution is -2.13. The molecule has 0 N–H and O–H groups in total. The second-order valence-electron chi connectivity index (χ2n) is 2.85. The predicted molar refractivity (Wildman–Crippen MR) is 51.2 cm³/mol. The van der Waals surface area contributed by atoms with E-state index in [-0.39, 0.29) is 0 Å². The van der Waals surface area contributed by atoms with Crippen LogP contribution in [0.2, 0.25) is 0 Å². The van der Waals surface area contributed by atoms with E-state index in [1.54, 1.807) is 13.4 Å². The van der Waals surface area contributed by atoms with Crippen LogP contribution in [0.15, 0.2) is 30.7 Å². The molecule has 2 rings (SSSR count). The van der Waals surface area contributed by atoms with Crippen molar-refractivity contribution in [3.63, 3.8) is 0 Å². The smallest absolute Gasteiger partial charge is 0.153 e. The van der Waals surface area contributed by atoms with Gasteiger partial charge in [0.15, 0.2) is 5.75 Å². The molecule has 0 aromatic heterocycles. The van der Waals surface area contributed by atoms with Gasteiger partial charge in [-0.3, -0.25) is 0 Å². The highest BCUT2D eigenvalue weighted by molar-refractivity contribution is 5.63. The van der Waals surface area contributed by atoms with Gasteiger partial charge in [-0.25, -0.2) is 0 Å². The number of nitrogens with zero attached hydrogens (tertiary/aromatic N) is 1. The van der Waals surface area contributed by atoms with Gasteiger partial charge in [-0.2, -0.15) is 0 Å². The van der Waals surface area contributed by atoms with Crippen LogP contribution in [0.3, 0.4) is 0 Å². The van der Waals surface area contributed by atoms with Crippen molar-refractivity contribution in [1.82, 2.24) is 0 Å². The van der Waals surface area contributed by atoms with Crippen molar-refractivity contribution in [2.45, 2.75) is 0 Å². The highest BCUT2D eigenvalue weighted by atomic mass is 16.5. The summed E-state index contributed by atoms with van der Waals surface area (Å²) in [5.41, 5.74) is 1.04. The molecule has 0 saturated carbocycles. The number of anilines is 1. The molecule has 0 bridgehead atoms. The van der Waals surface area contributed by atoms with Crippen LogP contribution in [0.4, 0.5) is 5.69 Å². The summed E-state index contributed by atoms with van der Waals surface area (Å²) in [4.78, 5) is 2.00. The lowest BCUT2D eigenvalue weighted by atomic mass is 10.2. The Labute approximate surface area is 77.2 Å². The summed E-state index contributed by atoms with van der Waals surface area (Å²) in [6, 6.07) is 5.75. The van der Waals surface area contributed by atoms with Crippen LogP contribution < -0.4 is 14.4 Å². The lowest BCUT2D eigenvalue weighted by Gasteiger charge is -2.21. The molecule has 0 saturated heterocycles. The maximum atomic E-state index is 5.33. The normalized spacial score (nSPS) is 13.5. The zero-order chi connectivity index (χ0) is 9.26. The first-order valence-electron chi connectivity index (χ1n) is 4.05. The summed E-state index contributed by atoms with van der Waals surface area (Å²) in [6.45, 7) is 0. The summed E-state index contributed by atoms with van der Waals surface area (Å²) < 4.78 is 10.4. The van der Waals surface area contributed by atoms with Crippen molar-refractivity contribution in [3.05, 3.63) is 30.7 Å². The SMILES string of the molecule is COc1ccc2c(c1)OC=CN2C. The molecule has 0 unspecified atom stereocenters. The summed E-state index contributed by atoms with van der Waals surface area (Å²) in [5, 5.41) is 0. The Morgan fingerprint density at radius 1 is 1.38 bits per heavy atom. The minimum Gasteiger partial charge on any atom is -0.497 e. The summed E-state index contributed by atoms with van der Waals surface area (Å²) >= 11 is 0. The van der Waals surface area contributed by atoms with Crippen LogP contribution in [0.5, 0.6) is 11.5 Å². The number of hydrogen-bond acceptors (Lipinski definition) is 3. The van der Waals surface area contributed by atoms with Crippen LogP contribution >= 0.6 is 0 Å². The third kappa shape index (κ3) is 1.33. The van der Waals surface area contributed by atoms with Crippen molar-refractivity contribution >= 4 is 5.69 Å². The van der Waals surface area contributed by atoms with E-state index in [9.17, 15) is 0 Å². The van der Waals surface area contributed by atoms with E-state index in [0.29, 0.717) is 0 Å². The van der Waals surface area contributed by atoms with Gasteiger partial charge in [-0.05, 0) is 12.1 Å². The maximum absolute atomic E-state index is 5.33. The van der Waals surface area contributed by atoms with Gasteiger partial charge in [0.05, 0.1) is 12.8 Å². The van der Waals surface area contributed by atoms with Gasteiger partial charge in [0.25, 0.3) is 0 Å². The van der Waals surface area contributed by atoms with Crippen LogP contribution in [0.1, 0.15) is 0 Å². The quantitative estimate of drug-likeness (QED) is 0.654. The van der Waals surface area contributed by atoms with Crippen LogP contribution in [0.25, 0.3) is 0 Å². The number of benzene rings is 1. The van der Waals surface area contributed by atoms with Gasteiger partial charge in [-0.1, -0.05) is 0 Å². The molecule has 0 aliphatic carbocycles. The second kappa shape index (κ2) is 3.01. The van der Waals surface area contributed by atoms with Gasteiger partial charge in [-0.15, -0.1) is 0 Å². The third-order valence-electron chi connectivity index (χ3n) is 2.03. The zero-order valence-corrected chi connectivity index (χ0v) is 7.65. The van der Waals surface area contributed by atoms with Gasteiger partial charge in [0.1, 0.15) is 12.0 Å². The molecule has 1 aliphatic rings. The molecule has 1 aliphatic heterocycles. The summed E-state index contributed by atoms with van der Waals surface area (Å²) in [6.07, 6.45) is 3.52. The molecular weight excluding hydrogens is 166 g/mol. The van der Waals surface area contributed by atoms with E-state index >= 15 is 0 Å². The van der Waals surface area contributed by atoms with Crippen molar-refractivity contribution in [3.8, 4) is 11.5 Å². The lowest BCUT2D eigenvalue weighted by molar-refractivity contribution is 0.408. The third-order valence-corrected chi connectivity index (χ3v) is 2.03. The van der Waals surface area contributed by atoms with Crippen molar-refractivity contribution in [2.24, 2.45) is 0 Å². The molecule has 1 heterocycles. The molecule has 0 radical (unpaired) electrons. The number of rotatable bonds is 1. The number of methoxy groups -OCH3 is 1. The van der Waals surface area contributed by atoms with Crippen molar-refractivity contribution in [1.29, 1.82) is 0 Å². The molecule has 3 heteroatoms. The number of fused-ring (bicyclic) bond motifs is 1. The topological polar surface area (TPSA) is 21.7 Å². The number of ether oxygens (including phenoxy) is 2. The maximum Gasteiger partial charge on any atom is 0.153 e. The first-order valence-corrected chi connectivity index (χ1v) is 4.05. The average Bonchev–Trinajstić information content (AvgIpc) is 2.18. The Balaban J connectivity index is 2.43. The summed E-state index contributed by atoms with van der Waals surface area (Å²) in [7, 11) is 3.62. The van der Waals surface area contributed by atoms with Gasteiger partial charge in [0.2, 0.25) is 0 Å². The Morgan fingerprint density at radius 2 is 2.23 bits per heavy atom. The van der Waals surface area contributed by atoms with E-state index in [0.717, 1.165) is 17.2 Å². The fourth-order valence-corrected chi connectivity index (χ4v) is 1.28. The largest absolute Gasteiger partial charge is 0.497 e. The first kappa shape index (κ1) is 7.98. The monoisotopic (exact) mass is 177 g/mol. The van der Waals surface area contributed by atoms with Gasteiger partial charge >= 0.3 is 0 Å². The highest BCUT2D eigenvalue weighted by Crippen LogP contribution is 2.34. The van der Waals surface area contributed by atoms with Gasteiger partial charge in [0, 0.05) is 19.3 Å². The first-order chi connectivity index (χ1) is 6.31. The zero-order valence-electron chi connectivity index (χ0n) is 7.65. The molecule has 13 heavy (non-hydrogen) atoms. The van der Waals surface area contributed by atoms with Gasteiger partial charge < -0.3 is 14.4 Å². The van der Waals surface area contributed by atoms with E-state index in [4.69, 9.17) is 9.47 Å². The Kier molecular flexibility index (Phi) is 1.85. The van der Waals surface area contributed by atoms with E-state index < -0.39 is 0 Å². The molecular formula is C10H11NO2. The molecule has 0 fully saturated rings. The molecule has 3 nitrogen and oxygen atoms in total. The number of hydrogen-bond donors (Lipinski definition) is 0. The molecule has 0 amide bonds. The van der Waals surface area contributed by atoms with E-state index in [1.165, 1.54) is 0 Å². The van der Waals surface area contributed by atoms with Crippen LogP contribution in [0, 0.1) is 0 Å². The minimum absolute atomic E-state index is 0.808. The molecule has 0 atom stereocenters. The van der Waals surface area contributed by atoms with Crippen LogP contribution in [-0.2, 0) is 0 Å². The Bertz CT molecular complexity index is 347. The molecule has 0 spiro atoms. The fraction of sp³-hybridized carbons (Fsp3) is 0.200. The molecule has 1 aromatic carbocycles. The molecule has 1 aromatic rings. The van der Waals surface area contributed by atoms with Crippen molar-refractivity contribution < 1.29 is 9.47 Å². The Hall–Kier alpha value is -1.64. The van der Waals surface area contributed by atoms with E-state index in [1.807, 2.05) is 36.3 Å². The highest BCUT2D eigenvalue weighted by Gasteiger charge is 2.11. The fourth-order valence-electron chi connectivity index (χ4n) is 1.28. The average molecular weight is 177 g/mol. The van der Waals surface area contributed by atoms with E-state index in [2.05, 4.69) is 0 Å². The Morgan fingerprint density at radius 3 is 3.00 bits per heavy atom. The second-order valence-corrected chi connectivity index (χ2v) is 2.85. The molecule has 68 valence electrons. The van der Waals surface area contributed by atoms with Crippen LogP contribution in [-0.4, -0.2) is 14.2 Å². The minimum atomic E-state index is 0.808. The summed E-state index contributed by atoms with van der Waals surface area (Å²) in [5.74, 6) is 1.63.